The van der Waals surface area contributed by atoms with E-state index in [-0.39, 0.29) is 6.04 Å². The highest BCUT2D eigenvalue weighted by Gasteiger charge is 2.20. The Morgan fingerprint density at radius 1 is 1.56 bits per heavy atom. The predicted molar refractivity (Wildman–Crippen MR) is 73.7 cm³/mol. The van der Waals surface area contributed by atoms with Crippen molar-refractivity contribution in [2.75, 3.05) is 24.6 Å². The van der Waals surface area contributed by atoms with E-state index in [2.05, 4.69) is 28.9 Å². The highest BCUT2D eigenvalue weighted by Crippen LogP contribution is 2.20. The second-order valence-electron chi connectivity index (χ2n) is 4.90. The van der Waals surface area contributed by atoms with E-state index in [1.54, 1.807) is 0 Å². The maximum absolute atomic E-state index is 5.83. The summed E-state index contributed by atoms with van der Waals surface area (Å²) in [6, 6.07) is 4.17. The molecule has 0 bridgehead atoms. The van der Waals surface area contributed by atoms with Gasteiger partial charge in [-0.25, -0.2) is 4.98 Å². The van der Waals surface area contributed by atoms with Gasteiger partial charge in [0.15, 0.2) is 0 Å². The molecule has 0 radical (unpaired) electrons. The second kappa shape index (κ2) is 6.16. The fraction of sp³-hybridized carbons (Fsp3) is 0.643. The zero-order chi connectivity index (χ0) is 13.0. The molecule has 1 aromatic heterocycles. The lowest BCUT2D eigenvalue weighted by molar-refractivity contribution is 0.0525. The minimum atomic E-state index is 0.0454. The van der Waals surface area contributed by atoms with Crippen molar-refractivity contribution in [3.8, 4) is 0 Å². The summed E-state index contributed by atoms with van der Waals surface area (Å²) in [5.74, 6) is 1.03. The van der Waals surface area contributed by atoms with E-state index in [0.29, 0.717) is 6.10 Å². The number of anilines is 1. The molecule has 4 heteroatoms. The van der Waals surface area contributed by atoms with Crippen molar-refractivity contribution in [2.24, 2.45) is 5.73 Å². The molecule has 2 atom stereocenters. The van der Waals surface area contributed by atoms with Crippen molar-refractivity contribution in [1.82, 2.24) is 4.98 Å². The molecule has 18 heavy (non-hydrogen) atoms. The Bertz CT molecular complexity index is 362. The molecule has 0 aliphatic carbocycles. The van der Waals surface area contributed by atoms with Crippen molar-refractivity contribution in [3.63, 3.8) is 0 Å². The summed E-state index contributed by atoms with van der Waals surface area (Å²) in [6.45, 7) is 6.82. The van der Waals surface area contributed by atoms with Gasteiger partial charge in [0.25, 0.3) is 0 Å². The quantitative estimate of drug-likeness (QED) is 0.888. The van der Waals surface area contributed by atoms with E-state index < -0.39 is 0 Å². The maximum Gasteiger partial charge on any atom is 0.128 e. The van der Waals surface area contributed by atoms with Crippen molar-refractivity contribution in [1.29, 1.82) is 0 Å². The second-order valence-corrected chi connectivity index (χ2v) is 4.90. The topological polar surface area (TPSA) is 51.4 Å². The van der Waals surface area contributed by atoms with Crippen molar-refractivity contribution in [3.05, 3.63) is 23.9 Å². The first-order valence-electron chi connectivity index (χ1n) is 6.78. The van der Waals surface area contributed by atoms with Crippen LogP contribution in [-0.2, 0) is 4.74 Å². The van der Waals surface area contributed by atoms with E-state index >= 15 is 0 Å². The molecule has 2 rings (SSSR count). The largest absolute Gasteiger partial charge is 0.377 e. The summed E-state index contributed by atoms with van der Waals surface area (Å²) in [5.41, 5.74) is 6.91. The fourth-order valence-electron chi connectivity index (χ4n) is 2.37. The van der Waals surface area contributed by atoms with Gasteiger partial charge in [-0.05, 0) is 38.3 Å². The summed E-state index contributed by atoms with van der Waals surface area (Å²) in [4.78, 5) is 6.81. The molecule has 0 saturated carbocycles. The molecule has 1 aliphatic rings. The average Bonchev–Trinajstić information content (AvgIpc) is 2.39. The summed E-state index contributed by atoms with van der Waals surface area (Å²) in [7, 11) is 0. The van der Waals surface area contributed by atoms with E-state index in [9.17, 15) is 0 Å². The van der Waals surface area contributed by atoms with Gasteiger partial charge in [0, 0.05) is 31.9 Å². The molecule has 1 saturated heterocycles. The van der Waals surface area contributed by atoms with Crippen LogP contribution in [0.25, 0.3) is 0 Å². The Morgan fingerprint density at radius 2 is 2.39 bits per heavy atom. The standard InChI is InChI=1S/C14H23N3O/c1-3-18-13-5-4-8-17(10-13)14-7-6-12(9-16-14)11(2)15/h6-7,9,11,13H,3-5,8,10,15H2,1-2H3/t11-,13?/m1/s1. The highest BCUT2D eigenvalue weighted by molar-refractivity contribution is 5.40. The summed E-state index contributed by atoms with van der Waals surface area (Å²) in [6.07, 6.45) is 4.55. The van der Waals surface area contributed by atoms with Gasteiger partial charge in [0.1, 0.15) is 5.82 Å². The lowest BCUT2D eigenvalue weighted by Gasteiger charge is -2.33. The Kier molecular flexibility index (Phi) is 4.55. The van der Waals surface area contributed by atoms with Crippen LogP contribution in [0.1, 0.15) is 38.3 Å². The first kappa shape index (κ1) is 13.3. The molecule has 2 heterocycles. The van der Waals surface area contributed by atoms with Crippen LogP contribution in [0.3, 0.4) is 0 Å². The Labute approximate surface area is 109 Å². The number of nitrogens with two attached hydrogens (primary N) is 1. The van der Waals surface area contributed by atoms with E-state index in [0.717, 1.165) is 37.5 Å². The Hall–Kier alpha value is -1.13. The van der Waals surface area contributed by atoms with Gasteiger partial charge in [0.2, 0.25) is 0 Å². The first-order valence-corrected chi connectivity index (χ1v) is 6.78. The zero-order valence-corrected chi connectivity index (χ0v) is 11.3. The number of nitrogens with zero attached hydrogens (tertiary/aromatic N) is 2. The molecule has 1 aromatic rings. The lowest BCUT2D eigenvalue weighted by atomic mass is 10.1. The Morgan fingerprint density at radius 3 is 3.00 bits per heavy atom. The third-order valence-electron chi connectivity index (χ3n) is 3.40. The van der Waals surface area contributed by atoms with Gasteiger partial charge in [-0.3, -0.25) is 0 Å². The molecule has 4 nitrogen and oxygen atoms in total. The number of hydrogen-bond acceptors (Lipinski definition) is 4. The van der Waals surface area contributed by atoms with E-state index in [1.165, 1.54) is 6.42 Å². The molecule has 1 aliphatic heterocycles. The monoisotopic (exact) mass is 249 g/mol. The van der Waals surface area contributed by atoms with Crippen LogP contribution in [-0.4, -0.2) is 30.8 Å². The number of aromatic nitrogens is 1. The van der Waals surface area contributed by atoms with Crippen LogP contribution in [0.5, 0.6) is 0 Å². The predicted octanol–water partition coefficient (Wildman–Crippen LogP) is 2.11. The molecule has 1 fully saturated rings. The minimum absolute atomic E-state index is 0.0454. The third-order valence-corrected chi connectivity index (χ3v) is 3.40. The molecular formula is C14H23N3O. The van der Waals surface area contributed by atoms with Gasteiger partial charge in [-0.1, -0.05) is 6.07 Å². The minimum Gasteiger partial charge on any atom is -0.377 e. The number of rotatable bonds is 4. The van der Waals surface area contributed by atoms with Gasteiger partial charge < -0.3 is 15.4 Å². The number of hydrogen-bond donors (Lipinski definition) is 1. The summed E-state index contributed by atoms with van der Waals surface area (Å²) < 4.78 is 5.71. The normalized spacial score (nSPS) is 21.9. The highest BCUT2D eigenvalue weighted by atomic mass is 16.5. The molecular weight excluding hydrogens is 226 g/mol. The van der Waals surface area contributed by atoms with Crippen LogP contribution in [0.2, 0.25) is 0 Å². The van der Waals surface area contributed by atoms with E-state index in [1.807, 2.05) is 13.1 Å². The molecule has 0 aromatic carbocycles. The van der Waals surface area contributed by atoms with Crippen LogP contribution in [0.4, 0.5) is 5.82 Å². The van der Waals surface area contributed by atoms with Crippen LogP contribution in [0, 0.1) is 0 Å². The number of pyridine rings is 1. The van der Waals surface area contributed by atoms with Gasteiger partial charge >= 0.3 is 0 Å². The number of ether oxygens (including phenoxy) is 1. The SMILES string of the molecule is CCOC1CCCN(c2ccc([C@@H](C)N)cn2)C1. The first-order chi connectivity index (χ1) is 8.70. The average molecular weight is 249 g/mol. The van der Waals surface area contributed by atoms with Gasteiger partial charge in [-0.15, -0.1) is 0 Å². The molecule has 1 unspecified atom stereocenters. The summed E-state index contributed by atoms with van der Waals surface area (Å²) in [5, 5.41) is 0. The zero-order valence-electron chi connectivity index (χ0n) is 11.3. The summed E-state index contributed by atoms with van der Waals surface area (Å²) >= 11 is 0. The molecule has 100 valence electrons. The number of piperidine rings is 1. The van der Waals surface area contributed by atoms with Gasteiger partial charge in [-0.2, -0.15) is 0 Å². The third kappa shape index (κ3) is 3.21. The lowest BCUT2D eigenvalue weighted by Crippen LogP contribution is -2.40. The van der Waals surface area contributed by atoms with Crippen molar-refractivity contribution >= 4 is 5.82 Å². The van der Waals surface area contributed by atoms with Crippen molar-refractivity contribution in [2.45, 2.75) is 38.8 Å². The van der Waals surface area contributed by atoms with Crippen LogP contribution in [0.15, 0.2) is 18.3 Å². The van der Waals surface area contributed by atoms with Crippen LogP contribution >= 0.6 is 0 Å². The van der Waals surface area contributed by atoms with E-state index in [4.69, 9.17) is 10.5 Å². The molecule has 2 N–H and O–H groups in total. The van der Waals surface area contributed by atoms with Gasteiger partial charge in [0.05, 0.1) is 6.10 Å². The molecule has 0 amide bonds. The van der Waals surface area contributed by atoms with Crippen LogP contribution < -0.4 is 10.6 Å². The van der Waals surface area contributed by atoms with Crippen molar-refractivity contribution < 1.29 is 4.74 Å². The Balaban J connectivity index is 2.02. The maximum atomic E-state index is 5.83. The fourth-order valence-corrected chi connectivity index (χ4v) is 2.37. The smallest absolute Gasteiger partial charge is 0.128 e. The molecule has 0 spiro atoms.